The summed E-state index contributed by atoms with van der Waals surface area (Å²) in [5.41, 5.74) is 3.24. The van der Waals surface area contributed by atoms with Gasteiger partial charge in [-0.05, 0) is 62.7 Å². The number of benzene rings is 2. The van der Waals surface area contributed by atoms with Crippen LogP contribution in [0.2, 0.25) is 0 Å². The number of carbonyl (C=O) groups excluding carboxylic acids is 1. The molecule has 11 heteroatoms. The fourth-order valence-electron chi connectivity index (χ4n) is 3.65. The van der Waals surface area contributed by atoms with Crippen LogP contribution in [0.3, 0.4) is 0 Å². The fourth-order valence-corrected chi connectivity index (χ4v) is 4.48. The van der Waals surface area contributed by atoms with E-state index in [-0.39, 0.29) is 36.0 Å². The number of thiazole rings is 1. The van der Waals surface area contributed by atoms with Gasteiger partial charge in [0, 0.05) is 17.5 Å². The van der Waals surface area contributed by atoms with Crippen molar-refractivity contribution < 1.29 is 27.1 Å². The number of hydrogen-bond acceptors (Lipinski definition) is 5. The second-order valence-electron chi connectivity index (χ2n) is 9.29. The van der Waals surface area contributed by atoms with E-state index in [0.29, 0.717) is 16.3 Å². The van der Waals surface area contributed by atoms with Crippen LogP contribution in [-0.2, 0) is 23.3 Å². The highest BCUT2D eigenvalue weighted by Gasteiger charge is 2.31. The molecule has 0 atom stereocenters. The van der Waals surface area contributed by atoms with Crippen molar-refractivity contribution in [2.24, 2.45) is 0 Å². The molecular weight excluding hydrogens is 508 g/mol. The number of aromatic nitrogens is 3. The van der Waals surface area contributed by atoms with Gasteiger partial charge in [0.25, 0.3) is 0 Å². The minimum absolute atomic E-state index is 0.0328. The largest absolute Gasteiger partial charge is 0.573 e. The van der Waals surface area contributed by atoms with Crippen LogP contribution in [-0.4, -0.2) is 27.0 Å². The van der Waals surface area contributed by atoms with Crippen molar-refractivity contribution in [1.82, 2.24) is 20.1 Å². The van der Waals surface area contributed by atoms with Gasteiger partial charge in [-0.25, -0.2) is 9.37 Å². The van der Waals surface area contributed by atoms with Crippen molar-refractivity contribution in [3.8, 4) is 27.6 Å². The molecule has 2 aromatic carbocycles. The number of ether oxygens (including phenoxy) is 1. The van der Waals surface area contributed by atoms with Gasteiger partial charge in [-0.1, -0.05) is 12.1 Å². The number of rotatable bonds is 7. The zero-order valence-electron chi connectivity index (χ0n) is 20.3. The van der Waals surface area contributed by atoms with Gasteiger partial charge in [-0.2, -0.15) is 5.10 Å². The van der Waals surface area contributed by atoms with Gasteiger partial charge in [0.05, 0.1) is 35.1 Å². The number of amides is 1. The van der Waals surface area contributed by atoms with E-state index in [1.807, 2.05) is 25.5 Å². The third-order valence-corrected chi connectivity index (χ3v) is 6.22. The third-order valence-electron chi connectivity index (χ3n) is 5.29. The smallest absolute Gasteiger partial charge is 0.406 e. The maximum atomic E-state index is 13.5. The molecule has 37 heavy (non-hydrogen) atoms. The molecule has 1 amide bonds. The van der Waals surface area contributed by atoms with Crippen molar-refractivity contribution in [3.63, 3.8) is 0 Å². The van der Waals surface area contributed by atoms with Gasteiger partial charge in [0.2, 0.25) is 5.91 Å². The minimum Gasteiger partial charge on any atom is -0.406 e. The molecule has 0 spiro atoms. The highest BCUT2D eigenvalue weighted by molar-refractivity contribution is 7.13. The van der Waals surface area contributed by atoms with Crippen LogP contribution in [0.4, 0.5) is 17.6 Å². The van der Waals surface area contributed by atoms with E-state index in [1.165, 1.54) is 47.7 Å². The highest BCUT2D eigenvalue weighted by atomic mass is 32.1. The fraction of sp³-hybridized carbons (Fsp3) is 0.269. The number of carbonyl (C=O) groups is 1. The van der Waals surface area contributed by atoms with Gasteiger partial charge in [0.1, 0.15) is 16.6 Å². The van der Waals surface area contributed by atoms with E-state index in [0.717, 1.165) is 16.8 Å². The predicted molar refractivity (Wildman–Crippen MR) is 132 cm³/mol. The molecular formula is C26H24F4N4O2S. The summed E-state index contributed by atoms with van der Waals surface area (Å²) in [7, 11) is 0. The SMILES string of the molecule is CC(C)(C)n1ncc(-c2nc(CC(=O)NCc3ccc(OC(F)(F)F)cc3)cs2)c1-c1ccc(F)cc1. The summed E-state index contributed by atoms with van der Waals surface area (Å²) in [5.74, 6) is -0.941. The zero-order chi connectivity index (χ0) is 26.8. The molecule has 2 heterocycles. The summed E-state index contributed by atoms with van der Waals surface area (Å²) in [6.07, 6.45) is -3.00. The summed E-state index contributed by atoms with van der Waals surface area (Å²) in [6.45, 7) is 6.21. The Labute approximate surface area is 214 Å². The summed E-state index contributed by atoms with van der Waals surface area (Å²) in [5, 5.41) is 9.77. The Morgan fingerprint density at radius 3 is 2.35 bits per heavy atom. The van der Waals surface area contributed by atoms with Gasteiger partial charge >= 0.3 is 6.36 Å². The average molecular weight is 533 g/mol. The molecule has 0 saturated carbocycles. The second kappa shape index (κ2) is 10.3. The highest BCUT2D eigenvalue weighted by Crippen LogP contribution is 2.36. The second-order valence-corrected chi connectivity index (χ2v) is 10.1. The van der Waals surface area contributed by atoms with E-state index in [9.17, 15) is 22.4 Å². The normalized spacial score (nSPS) is 12.0. The van der Waals surface area contributed by atoms with Crippen molar-refractivity contribution in [2.75, 3.05) is 0 Å². The lowest BCUT2D eigenvalue weighted by Gasteiger charge is -2.23. The molecule has 0 aliphatic heterocycles. The van der Waals surface area contributed by atoms with Crippen LogP contribution in [0.5, 0.6) is 5.75 Å². The van der Waals surface area contributed by atoms with Gasteiger partial charge in [-0.15, -0.1) is 24.5 Å². The molecule has 4 aromatic rings. The molecule has 0 saturated heterocycles. The zero-order valence-corrected chi connectivity index (χ0v) is 21.1. The van der Waals surface area contributed by atoms with E-state index >= 15 is 0 Å². The van der Waals surface area contributed by atoms with Crippen LogP contribution < -0.4 is 10.1 Å². The number of nitrogens with one attached hydrogen (secondary N) is 1. The van der Waals surface area contributed by atoms with E-state index < -0.39 is 6.36 Å². The van der Waals surface area contributed by atoms with Gasteiger partial charge in [-0.3, -0.25) is 9.48 Å². The molecule has 4 rings (SSSR count). The van der Waals surface area contributed by atoms with Crippen LogP contribution in [0.15, 0.2) is 60.1 Å². The third kappa shape index (κ3) is 6.73. The number of halogens is 4. The van der Waals surface area contributed by atoms with Crippen LogP contribution in [0, 0.1) is 5.82 Å². The Balaban J connectivity index is 1.45. The van der Waals surface area contributed by atoms with Gasteiger partial charge in [0.15, 0.2) is 0 Å². The Hall–Kier alpha value is -3.73. The quantitative estimate of drug-likeness (QED) is 0.283. The molecule has 0 aliphatic carbocycles. The van der Waals surface area contributed by atoms with E-state index in [4.69, 9.17) is 0 Å². The predicted octanol–water partition coefficient (Wildman–Crippen LogP) is 6.33. The first-order valence-electron chi connectivity index (χ1n) is 11.3. The lowest BCUT2D eigenvalue weighted by Crippen LogP contribution is -2.24. The Morgan fingerprint density at radius 1 is 1.05 bits per heavy atom. The molecule has 1 N–H and O–H groups in total. The number of hydrogen-bond donors (Lipinski definition) is 1. The first kappa shape index (κ1) is 26.3. The maximum Gasteiger partial charge on any atom is 0.573 e. The monoisotopic (exact) mass is 532 g/mol. The topological polar surface area (TPSA) is 69.0 Å². The lowest BCUT2D eigenvalue weighted by molar-refractivity contribution is -0.274. The molecule has 2 aromatic heterocycles. The molecule has 0 unspecified atom stereocenters. The van der Waals surface area contributed by atoms with Crippen molar-refractivity contribution in [1.29, 1.82) is 0 Å². The van der Waals surface area contributed by atoms with E-state index in [1.54, 1.807) is 23.7 Å². The standard InChI is InChI=1S/C26H24F4N4O2S/c1-25(2,3)34-23(17-6-8-18(27)9-7-17)21(14-32-34)24-33-19(15-37-24)12-22(35)31-13-16-4-10-20(11-5-16)36-26(28,29)30/h4-11,14-15H,12-13H2,1-3H3,(H,31,35). The lowest BCUT2D eigenvalue weighted by atomic mass is 10.0. The summed E-state index contributed by atoms with van der Waals surface area (Å²) >= 11 is 1.38. The Morgan fingerprint density at radius 2 is 1.73 bits per heavy atom. The van der Waals surface area contributed by atoms with Crippen LogP contribution in [0.1, 0.15) is 32.0 Å². The summed E-state index contributed by atoms with van der Waals surface area (Å²) in [4.78, 5) is 17.1. The molecule has 194 valence electrons. The summed E-state index contributed by atoms with van der Waals surface area (Å²) in [6, 6.07) is 11.5. The Bertz CT molecular complexity index is 1370. The number of nitrogens with zero attached hydrogens (tertiary/aromatic N) is 3. The van der Waals surface area contributed by atoms with Crippen LogP contribution in [0.25, 0.3) is 21.8 Å². The summed E-state index contributed by atoms with van der Waals surface area (Å²) < 4.78 is 56.1. The van der Waals surface area contributed by atoms with Crippen molar-refractivity contribution >= 4 is 17.2 Å². The van der Waals surface area contributed by atoms with Crippen molar-refractivity contribution in [2.45, 2.75) is 45.6 Å². The molecule has 6 nitrogen and oxygen atoms in total. The molecule has 0 fully saturated rings. The minimum atomic E-state index is -4.76. The average Bonchev–Trinajstić information content (AvgIpc) is 3.45. The first-order valence-corrected chi connectivity index (χ1v) is 12.2. The van der Waals surface area contributed by atoms with Gasteiger partial charge < -0.3 is 10.1 Å². The first-order chi connectivity index (χ1) is 17.4. The van der Waals surface area contributed by atoms with E-state index in [2.05, 4.69) is 20.1 Å². The number of alkyl halides is 3. The van der Waals surface area contributed by atoms with Crippen LogP contribution >= 0.6 is 11.3 Å². The molecule has 0 radical (unpaired) electrons. The van der Waals surface area contributed by atoms with Crippen molar-refractivity contribution in [3.05, 3.63) is 77.2 Å². The molecule has 0 bridgehead atoms. The maximum absolute atomic E-state index is 13.5. The molecule has 0 aliphatic rings. The Kier molecular flexibility index (Phi) is 7.35.